The summed E-state index contributed by atoms with van der Waals surface area (Å²) in [6.07, 6.45) is 4.32. The number of likely N-dealkylation sites (tertiary alicyclic amines) is 2. The van der Waals surface area contributed by atoms with E-state index in [4.69, 9.17) is 0 Å². The third-order valence-corrected chi connectivity index (χ3v) is 5.96. The molecule has 26 heavy (non-hydrogen) atoms. The largest absolute Gasteiger partial charge is 0.341 e. The molecular weight excluding hydrogens is 320 g/mol. The van der Waals surface area contributed by atoms with Crippen molar-refractivity contribution < 1.29 is 4.79 Å². The lowest BCUT2D eigenvalue weighted by Gasteiger charge is -2.25. The van der Waals surface area contributed by atoms with Gasteiger partial charge in [0.25, 0.3) is 0 Å². The smallest absolute Gasteiger partial charge is 0.223 e. The van der Waals surface area contributed by atoms with Crippen LogP contribution in [0.5, 0.6) is 0 Å². The second-order valence-electron chi connectivity index (χ2n) is 7.60. The van der Waals surface area contributed by atoms with Gasteiger partial charge in [0.1, 0.15) is 0 Å². The lowest BCUT2D eigenvalue weighted by molar-refractivity contribution is -0.130. The fraction of sp³-hybridized carbons (Fsp3) is 0.435. The first-order chi connectivity index (χ1) is 12.8. The summed E-state index contributed by atoms with van der Waals surface area (Å²) in [7, 11) is 0. The van der Waals surface area contributed by atoms with E-state index < -0.39 is 0 Å². The Hall–Kier alpha value is -2.13. The van der Waals surface area contributed by atoms with Gasteiger partial charge in [-0.1, -0.05) is 60.7 Å². The van der Waals surface area contributed by atoms with Crippen molar-refractivity contribution in [2.24, 2.45) is 0 Å². The molecule has 2 aliphatic rings. The zero-order valence-electron chi connectivity index (χ0n) is 15.4. The molecule has 2 fully saturated rings. The van der Waals surface area contributed by atoms with Crippen molar-refractivity contribution in [2.75, 3.05) is 26.2 Å². The van der Waals surface area contributed by atoms with Crippen LogP contribution in [-0.4, -0.2) is 47.9 Å². The third kappa shape index (κ3) is 3.83. The van der Waals surface area contributed by atoms with Crippen molar-refractivity contribution >= 4 is 5.91 Å². The van der Waals surface area contributed by atoms with E-state index in [1.807, 2.05) is 12.1 Å². The van der Waals surface area contributed by atoms with E-state index >= 15 is 0 Å². The zero-order chi connectivity index (χ0) is 17.8. The Kier molecular flexibility index (Phi) is 5.35. The molecule has 0 spiro atoms. The summed E-state index contributed by atoms with van der Waals surface area (Å²) < 4.78 is 0. The van der Waals surface area contributed by atoms with Gasteiger partial charge in [-0.15, -0.1) is 0 Å². The molecule has 1 unspecified atom stereocenters. The van der Waals surface area contributed by atoms with Crippen molar-refractivity contribution in [1.82, 2.24) is 9.80 Å². The monoisotopic (exact) mass is 348 g/mol. The molecule has 0 aromatic heterocycles. The Morgan fingerprint density at radius 1 is 0.885 bits per heavy atom. The third-order valence-electron chi connectivity index (χ3n) is 5.96. The molecular formula is C23H28N2O. The molecule has 0 bridgehead atoms. The first-order valence-corrected chi connectivity index (χ1v) is 9.93. The van der Waals surface area contributed by atoms with Crippen molar-refractivity contribution in [2.45, 2.75) is 37.6 Å². The molecule has 2 heterocycles. The van der Waals surface area contributed by atoms with Gasteiger partial charge in [-0.2, -0.15) is 0 Å². The minimum atomic E-state index is 0.135. The normalized spacial score (nSPS) is 20.8. The number of carbonyl (C=O) groups excluding carboxylic acids is 1. The van der Waals surface area contributed by atoms with Crippen molar-refractivity contribution in [3.05, 3.63) is 71.8 Å². The highest BCUT2D eigenvalue weighted by Crippen LogP contribution is 2.30. The van der Waals surface area contributed by atoms with Crippen LogP contribution in [0.25, 0.3) is 0 Å². The summed E-state index contributed by atoms with van der Waals surface area (Å²) in [4.78, 5) is 17.8. The van der Waals surface area contributed by atoms with Gasteiger partial charge in [0.05, 0.1) is 0 Å². The van der Waals surface area contributed by atoms with Crippen LogP contribution in [0.3, 0.4) is 0 Å². The molecule has 3 nitrogen and oxygen atoms in total. The Labute approximate surface area is 156 Å². The Morgan fingerprint density at radius 3 is 2.04 bits per heavy atom. The maximum Gasteiger partial charge on any atom is 0.223 e. The standard InChI is InChI=1S/C23H28N2O/c26-23(25-16-13-21(18-25)24-14-7-8-15-24)17-22(19-9-3-1-4-10-19)20-11-5-2-6-12-20/h1-6,9-12,21-22H,7-8,13-18H2. The maximum atomic E-state index is 13.1. The zero-order valence-corrected chi connectivity index (χ0v) is 15.4. The Morgan fingerprint density at radius 2 is 1.46 bits per heavy atom. The number of nitrogens with zero attached hydrogens (tertiary/aromatic N) is 2. The summed E-state index contributed by atoms with van der Waals surface area (Å²) in [6.45, 7) is 4.25. The van der Waals surface area contributed by atoms with Crippen LogP contribution in [0.2, 0.25) is 0 Å². The van der Waals surface area contributed by atoms with Gasteiger partial charge in [-0.3, -0.25) is 9.69 Å². The summed E-state index contributed by atoms with van der Waals surface area (Å²) in [5.41, 5.74) is 2.45. The summed E-state index contributed by atoms with van der Waals surface area (Å²) in [5, 5.41) is 0. The second kappa shape index (κ2) is 8.05. The van der Waals surface area contributed by atoms with E-state index in [9.17, 15) is 4.79 Å². The summed E-state index contributed by atoms with van der Waals surface area (Å²) in [6, 6.07) is 21.5. The molecule has 2 aromatic rings. The molecule has 2 saturated heterocycles. The average molecular weight is 348 g/mol. The fourth-order valence-corrected chi connectivity index (χ4v) is 4.48. The SMILES string of the molecule is O=C(CC(c1ccccc1)c1ccccc1)N1CCC(N2CCCC2)C1. The molecule has 2 aromatic carbocycles. The van der Waals surface area contributed by atoms with Crippen LogP contribution in [0, 0.1) is 0 Å². The molecule has 0 N–H and O–H groups in total. The van der Waals surface area contributed by atoms with Gasteiger partial charge in [-0.25, -0.2) is 0 Å². The number of rotatable bonds is 5. The molecule has 1 atom stereocenters. The molecule has 1 amide bonds. The van der Waals surface area contributed by atoms with E-state index in [0.29, 0.717) is 18.4 Å². The van der Waals surface area contributed by atoms with Gasteiger partial charge in [0.2, 0.25) is 5.91 Å². The number of hydrogen-bond donors (Lipinski definition) is 0. The highest BCUT2D eigenvalue weighted by atomic mass is 16.2. The van der Waals surface area contributed by atoms with E-state index in [1.165, 1.54) is 37.1 Å². The molecule has 136 valence electrons. The van der Waals surface area contributed by atoms with Gasteiger partial charge in [0, 0.05) is 31.5 Å². The topological polar surface area (TPSA) is 23.6 Å². The highest BCUT2D eigenvalue weighted by Gasteiger charge is 2.32. The molecule has 3 heteroatoms. The second-order valence-corrected chi connectivity index (χ2v) is 7.60. The lowest BCUT2D eigenvalue weighted by atomic mass is 9.88. The number of hydrogen-bond acceptors (Lipinski definition) is 2. The van der Waals surface area contributed by atoms with Crippen LogP contribution >= 0.6 is 0 Å². The molecule has 0 saturated carbocycles. The number of carbonyl (C=O) groups is 1. The van der Waals surface area contributed by atoms with Crippen LogP contribution in [0.4, 0.5) is 0 Å². The average Bonchev–Trinajstić information content (AvgIpc) is 3.39. The molecule has 4 rings (SSSR count). The van der Waals surface area contributed by atoms with E-state index in [0.717, 1.165) is 19.5 Å². The molecule has 2 aliphatic heterocycles. The van der Waals surface area contributed by atoms with Crippen molar-refractivity contribution in [1.29, 1.82) is 0 Å². The Bertz CT molecular complexity index is 670. The molecule has 0 aliphatic carbocycles. The highest BCUT2D eigenvalue weighted by molar-refractivity contribution is 5.78. The van der Waals surface area contributed by atoms with Crippen LogP contribution in [0.1, 0.15) is 42.7 Å². The maximum absolute atomic E-state index is 13.1. The van der Waals surface area contributed by atoms with Crippen molar-refractivity contribution in [3.8, 4) is 0 Å². The van der Waals surface area contributed by atoms with Crippen LogP contribution < -0.4 is 0 Å². The quantitative estimate of drug-likeness (QED) is 0.818. The van der Waals surface area contributed by atoms with E-state index in [2.05, 4.69) is 58.3 Å². The van der Waals surface area contributed by atoms with Gasteiger partial charge in [-0.05, 0) is 43.5 Å². The van der Waals surface area contributed by atoms with Crippen molar-refractivity contribution in [3.63, 3.8) is 0 Å². The van der Waals surface area contributed by atoms with Crippen LogP contribution in [-0.2, 0) is 4.79 Å². The minimum Gasteiger partial charge on any atom is -0.341 e. The van der Waals surface area contributed by atoms with Gasteiger partial charge in [0.15, 0.2) is 0 Å². The number of amides is 1. The fourth-order valence-electron chi connectivity index (χ4n) is 4.48. The lowest BCUT2D eigenvalue weighted by Crippen LogP contribution is -2.37. The Balaban J connectivity index is 1.46. The number of benzene rings is 2. The van der Waals surface area contributed by atoms with Gasteiger partial charge >= 0.3 is 0 Å². The molecule has 0 radical (unpaired) electrons. The first-order valence-electron chi connectivity index (χ1n) is 9.93. The van der Waals surface area contributed by atoms with Crippen LogP contribution in [0.15, 0.2) is 60.7 Å². The predicted molar refractivity (Wildman–Crippen MR) is 105 cm³/mol. The minimum absolute atomic E-state index is 0.135. The van der Waals surface area contributed by atoms with E-state index in [-0.39, 0.29) is 5.92 Å². The van der Waals surface area contributed by atoms with E-state index in [1.54, 1.807) is 0 Å². The first kappa shape index (κ1) is 17.3. The summed E-state index contributed by atoms with van der Waals surface area (Å²) in [5.74, 6) is 0.431. The predicted octanol–water partition coefficient (Wildman–Crippen LogP) is 3.91. The van der Waals surface area contributed by atoms with Gasteiger partial charge < -0.3 is 4.90 Å². The summed E-state index contributed by atoms with van der Waals surface area (Å²) >= 11 is 0.